The van der Waals surface area contributed by atoms with Gasteiger partial charge in [0.1, 0.15) is 17.8 Å². The Morgan fingerprint density at radius 1 is 1.15 bits per heavy atom. The molecular weight excluding hydrogens is 348 g/mol. The molecule has 1 aliphatic heterocycles. The molecule has 1 N–H and O–H groups in total. The largest absolute Gasteiger partial charge is 0.450 e. The smallest absolute Gasteiger partial charge is 0.409 e. The third-order valence-corrected chi connectivity index (χ3v) is 4.17. The highest BCUT2D eigenvalue weighted by atomic mass is 16.6. The van der Waals surface area contributed by atoms with Crippen molar-refractivity contribution in [3.63, 3.8) is 0 Å². The van der Waals surface area contributed by atoms with Gasteiger partial charge in [-0.15, -0.1) is 0 Å². The van der Waals surface area contributed by atoms with Gasteiger partial charge >= 0.3 is 6.09 Å². The lowest BCUT2D eigenvalue weighted by Gasteiger charge is -2.34. The van der Waals surface area contributed by atoms with Crippen LogP contribution in [-0.2, 0) is 11.3 Å². The zero-order valence-corrected chi connectivity index (χ0v) is 15.2. The van der Waals surface area contributed by atoms with Gasteiger partial charge in [0, 0.05) is 38.4 Å². The van der Waals surface area contributed by atoms with E-state index in [2.05, 4.69) is 20.3 Å². The first kappa shape index (κ1) is 18.6. The number of piperazine rings is 1. The van der Waals surface area contributed by atoms with Crippen molar-refractivity contribution >= 4 is 17.8 Å². The fraction of sp³-hybridized carbons (Fsp3) is 0.389. The van der Waals surface area contributed by atoms with Crippen LogP contribution >= 0.6 is 0 Å². The number of anilines is 1. The maximum Gasteiger partial charge on any atom is 0.409 e. The molecule has 1 fully saturated rings. The molecule has 3 heterocycles. The van der Waals surface area contributed by atoms with Crippen LogP contribution in [0.4, 0.5) is 10.6 Å². The van der Waals surface area contributed by atoms with Crippen LogP contribution in [0.5, 0.6) is 0 Å². The molecule has 2 aromatic rings. The Labute approximate surface area is 157 Å². The van der Waals surface area contributed by atoms with Crippen LogP contribution in [0, 0.1) is 0 Å². The minimum Gasteiger partial charge on any atom is -0.450 e. The molecule has 0 unspecified atom stereocenters. The number of aromatic nitrogens is 3. The molecule has 3 rings (SSSR count). The molecule has 0 saturated carbocycles. The highest BCUT2D eigenvalue weighted by molar-refractivity contribution is 5.92. The van der Waals surface area contributed by atoms with Gasteiger partial charge in [-0.3, -0.25) is 9.78 Å². The summed E-state index contributed by atoms with van der Waals surface area (Å²) in [5.74, 6) is 0.381. The van der Waals surface area contributed by atoms with Crippen molar-refractivity contribution in [1.29, 1.82) is 0 Å². The van der Waals surface area contributed by atoms with Crippen LogP contribution in [0.3, 0.4) is 0 Å². The molecule has 9 heteroatoms. The summed E-state index contributed by atoms with van der Waals surface area (Å²) in [6, 6.07) is 7.19. The summed E-state index contributed by atoms with van der Waals surface area (Å²) in [5.41, 5.74) is 1.07. The first-order chi connectivity index (χ1) is 13.2. The Morgan fingerprint density at radius 2 is 1.96 bits per heavy atom. The molecule has 27 heavy (non-hydrogen) atoms. The molecule has 2 aromatic heterocycles. The lowest BCUT2D eigenvalue weighted by Crippen LogP contribution is -2.49. The monoisotopic (exact) mass is 370 g/mol. The van der Waals surface area contributed by atoms with E-state index in [9.17, 15) is 9.59 Å². The number of rotatable bonds is 5. The van der Waals surface area contributed by atoms with Gasteiger partial charge in [0.15, 0.2) is 0 Å². The number of nitrogens with one attached hydrogen (secondary N) is 1. The normalized spacial score (nSPS) is 14.0. The second kappa shape index (κ2) is 8.93. The first-order valence-electron chi connectivity index (χ1n) is 8.84. The molecule has 1 aliphatic rings. The summed E-state index contributed by atoms with van der Waals surface area (Å²) in [5, 5.41) is 2.80. The van der Waals surface area contributed by atoms with Gasteiger partial charge in [-0.25, -0.2) is 14.8 Å². The van der Waals surface area contributed by atoms with E-state index >= 15 is 0 Å². The van der Waals surface area contributed by atoms with Crippen molar-refractivity contribution in [3.05, 3.63) is 48.2 Å². The summed E-state index contributed by atoms with van der Waals surface area (Å²) in [4.78, 5) is 40.3. The Morgan fingerprint density at radius 3 is 2.67 bits per heavy atom. The van der Waals surface area contributed by atoms with Crippen molar-refractivity contribution in [2.75, 3.05) is 37.7 Å². The highest BCUT2D eigenvalue weighted by Crippen LogP contribution is 2.14. The van der Waals surface area contributed by atoms with E-state index in [1.165, 1.54) is 6.33 Å². The van der Waals surface area contributed by atoms with Crippen LogP contribution in [0.2, 0.25) is 0 Å². The molecule has 2 amide bonds. The second-order valence-corrected chi connectivity index (χ2v) is 5.94. The number of carbonyl (C=O) groups is 2. The van der Waals surface area contributed by atoms with E-state index in [0.717, 1.165) is 5.69 Å². The zero-order valence-electron chi connectivity index (χ0n) is 15.2. The van der Waals surface area contributed by atoms with Crippen LogP contribution < -0.4 is 10.2 Å². The Kier molecular flexibility index (Phi) is 6.14. The Hall–Kier alpha value is -3.23. The molecule has 0 radical (unpaired) electrons. The minimum atomic E-state index is -0.297. The van der Waals surface area contributed by atoms with E-state index in [-0.39, 0.29) is 12.0 Å². The summed E-state index contributed by atoms with van der Waals surface area (Å²) >= 11 is 0. The average Bonchev–Trinajstić information content (AvgIpc) is 2.73. The van der Waals surface area contributed by atoms with E-state index in [1.807, 2.05) is 23.1 Å². The number of hydrogen-bond acceptors (Lipinski definition) is 7. The van der Waals surface area contributed by atoms with Gasteiger partial charge in [0.05, 0.1) is 18.8 Å². The molecule has 1 saturated heterocycles. The van der Waals surface area contributed by atoms with Crippen molar-refractivity contribution in [2.45, 2.75) is 13.5 Å². The lowest BCUT2D eigenvalue weighted by atomic mass is 10.3. The standard InChI is InChI=1S/C18H22N6O3/c1-2-27-18(26)24-9-7-23(8-10-24)16-11-15(21-13-22-16)17(25)20-12-14-5-3-4-6-19-14/h3-6,11,13H,2,7-10,12H2,1H3,(H,20,25). The lowest BCUT2D eigenvalue weighted by molar-refractivity contribution is 0.0945. The maximum atomic E-state index is 12.3. The number of ether oxygens (including phenoxy) is 1. The van der Waals surface area contributed by atoms with Gasteiger partial charge in [0.2, 0.25) is 0 Å². The predicted octanol–water partition coefficient (Wildman–Crippen LogP) is 1.08. The second-order valence-electron chi connectivity index (χ2n) is 5.94. The van der Waals surface area contributed by atoms with E-state index in [0.29, 0.717) is 50.8 Å². The summed E-state index contributed by atoms with van der Waals surface area (Å²) in [6.07, 6.45) is 2.76. The molecule has 0 aromatic carbocycles. The number of nitrogens with zero attached hydrogens (tertiary/aromatic N) is 5. The maximum absolute atomic E-state index is 12.3. The number of amides is 2. The number of hydrogen-bond donors (Lipinski definition) is 1. The summed E-state index contributed by atoms with van der Waals surface area (Å²) < 4.78 is 5.02. The predicted molar refractivity (Wildman–Crippen MR) is 98.2 cm³/mol. The van der Waals surface area contributed by atoms with Crippen LogP contribution in [0.15, 0.2) is 36.8 Å². The van der Waals surface area contributed by atoms with Gasteiger partial charge < -0.3 is 19.9 Å². The van der Waals surface area contributed by atoms with E-state index < -0.39 is 0 Å². The fourth-order valence-electron chi connectivity index (χ4n) is 2.74. The molecule has 0 spiro atoms. The fourth-order valence-corrected chi connectivity index (χ4v) is 2.74. The van der Waals surface area contributed by atoms with E-state index in [4.69, 9.17) is 4.74 Å². The van der Waals surface area contributed by atoms with Gasteiger partial charge in [0.25, 0.3) is 5.91 Å². The Balaban J connectivity index is 1.57. The van der Waals surface area contributed by atoms with Crippen molar-refractivity contribution in [3.8, 4) is 0 Å². The average molecular weight is 370 g/mol. The molecule has 0 bridgehead atoms. The zero-order chi connectivity index (χ0) is 19.1. The quantitative estimate of drug-likeness (QED) is 0.840. The van der Waals surface area contributed by atoms with Crippen LogP contribution in [0.25, 0.3) is 0 Å². The van der Waals surface area contributed by atoms with Gasteiger partial charge in [-0.05, 0) is 19.1 Å². The summed E-state index contributed by atoms with van der Waals surface area (Å²) in [7, 11) is 0. The van der Waals surface area contributed by atoms with Gasteiger partial charge in [-0.2, -0.15) is 0 Å². The van der Waals surface area contributed by atoms with Crippen molar-refractivity contribution in [1.82, 2.24) is 25.2 Å². The topological polar surface area (TPSA) is 101 Å². The van der Waals surface area contributed by atoms with E-state index in [1.54, 1.807) is 24.1 Å². The van der Waals surface area contributed by atoms with Crippen molar-refractivity contribution in [2.24, 2.45) is 0 Å². The van der Waals surface area contributed by atoms with Gasteiger partial charge in [-0.1, -0.05) is 6.07 Å². The molecule has 0 atom stereocenters. The Bertz CT molecular complexity index is 778. The minimum absolute atomic E-state index is 0.283. The third kappa shape index (κ3) is 4.90. The van der Waals surface area contributed by atoms with Crippen LogP contribution in [-0.4, -0.2) is 64.6 Å². The summed E-state index contributed by atoms with van der Waals surface area (Å²) in [6.45, 7) is 4.80. The molecule has 142 valence electrons. The van der Waals surface area contributed by atoms with Crippen molar-refractivity contribution < 1.29 is 14.3 Å². The SMILES string of the molecule is CCOC(=O)N1CCN(c2cc(C(=O)NCc3ccccn3)ncn2)CC1. The third-order valence-electron chi connectivity index (χ3n) is 4.17. The number of carbonyl (C=O) groups excluding carboxylic acids is 2. The molecular formula is C18H22N6O3. The molecule has 0 aliphatic carbocycles. The number of pyridine rings is 1. The van der Waals surface area contributed by atoms with Crippen LogP contribution in [0.1, 0.15) is 23.1 Å². The first-order valence-corrected chi connectivity index (χ1v) is 8.84. The molecule has 9 nitrogen and oxygen atoms in total. The highest BCUT2D eigenvalue weighted by Gasteiger charge is 2.23.